The van der Waals surface area contributed by atoms with E-state index in [9.17, 15) is 0 Å². The molecule has 0 aromatic heterocycles. The van der Waals surface area contributed by atoms with E-state index in [-0.39, 0.29) is 6.61 Å². The van der Waals surface area contributed by atoms with Gasteiger partial charge in [-0.15, -0.1) is 0 Å². The molecule has 0 fully saturated rings. The fraction of sp³-hybridized carbons (Fsp3) is 0.538. The molecule has 4 heteroatoms. The summed E-state index contributed by atoms with van der Waals surface area (Å²) in [5.41, 5.74) is 0.825. The minimum atomic E-state index is 0.00162. The van der Waals surface area contributed by atoms with E-state index in [0.29, 0.717) is 19.1 Å². The maximum Gasteiger partial charge on any atom is 0.119 e. The maximum absolute atomic E-state index is 9.10. The van der Waals surface area contributed by atoms with Gasteiger partial charge in [0, 0.05) is 11.1 Å². The van der Waals surface area contributed by atoms with Gasteiger partial charge in [0.05, 0.1) is 13.2 Å². The predicted molar refractivity (Wildman–Crippen MR) is 71.2 cm³/mol. The second kappa shape index (κ2) is 7.69. The third kappa shape index (κ3) is 5.52. The molecule has 0 saturated heterocycles. The molecule has 17 heavy (non-hydrogen) atoms. The van der Waals surface area contributed by atoms with E-state index in [0.717, 1.165) is 22.4 Å². The van der Waals surface area contributed by atoms with E-state index in [1.807, 2.05) is 18.2 Å². The van der Waals surface area contributed by atoms with E-state index in [1.54, 1.807) is 0 Å². The second-order valence-corrected chi connectivity index (χ2v) is 5.08. The van der Waals surface area contributed by atoms with Crippen LogP contribution in [0.15, 0.2) is 22.7 Å². The normalized spacial score (nSPS) is 10.9. The topological polar surface area (TPSA) is 38.7 Å². The van der Waals surface area contributed by atoms with Crippen LogP contribution < -0.4 is 4.74 Å². The number of halogens is 1. The van der Waals surface area contributed by atoms with E-state index in [1.165, 1.54) is 0 Å². The molecule has 0 unspecified atom stereocenters. The summed E-state index contributed by atoms with van der Waals surface area (Å²) in [6.07, 6.45) is 0. The quantitative estimate of drug-likeness (QED) is 0.787. The Kier molecular flexibility index (Phi) is 6.55. The van der Waals surface area contributed by atoms with E-state index < -0.39 is 0 Å². The molecule has 0 heterocycles. The van der Waals surface area contributed by atoms with Gasteiger partial charge >= 0.3 is 0 Å². The molecular weight excluding hydrogens is 284 g/mol. The lowest BCUT2D eigenvalue weighted by molar-refractivity contribution is 0.0818. The molecule has 0 bridgehead atoms. The Bertz CT molecular complexity index is 339. The van der Waals surface area contributed by atoms with E-state index >= 15 is 0 Å². The number of hydrogen-bond donors (Lipinski definition) is 1. The van der Waals surface area contributed by atoms with Crippen molar-refractivity contribution in [3.63, 3.8) is 0 Å². The molecule has 3 nitrogen and oxygen atoms in total. The van der Waals surface area contributed by atoms with Crippen molar-refractivity contribution in [2.45, 2.75) is 20.5 Å². The van der Waals surface area contributed by atoms with Crippen LogP contribution in [0.1, 0.15) is 19.4 Å². The third-order valence-corrected chi connectivity index (χ3v) is 2.91. The highest BCUT2D eigenvalue weighted by molar-refractivity contribution is 9.10. The monoisotopic (exact) mass is 302 g/mol. The summed E-state index contributed by atoms with van der Waals surface area (Å²) < 4.78 is 11.8. The number of benzene rings is 1. The van der Waals surface area contributed by atoms with Crippen LogP contribution in [0.5, 0.6) is 5.75 Å². The number of aliphatic hydroxyl groups excluding tert-OH is 1. The summed E-state index contributed by atoms with van der Waals surface area (Å²) in [6.45, 7) is 6.10. The van der Waals surface area contributed by atoms with Crippen LogP contribution in [0.2, 0.25) is 0 Å². The lowest BCUT2D eigenvalue weighted by atomic mass is 10.2. The van der Waals surface area contributed by atoms with Crippen LogP contribution in [0.4, 0.5) is 0 Å². The van der Waals surface area contributed by atoms with Crippen LogP contribution in [0.3, 0.4) is 0 Å². The van der Waals surface area contributed by atoms with Crippen LogP contribution >= 0.6 is 15.9 Å². The zero-order valence-corrected chi connectivity index (χ0v) is 11.9. The highest BCUT2D eigenvalue weighted by Gasteiger charge is 2.01. The van der Waals surface area contributed by atoms with Gasteiger partial charge in [0.2, 0.25) is 0 Å². The Labute approximate surface area is 111 Å². The molecule has 1 N–H and O–H groups in total. The molecular formula is C13H19BrO3. The molecule has 0 aliphatic rings. The van der Waals surface area contributed by atoms with Crippen LogP contribution in [-0.2, 0) is 11.3 Å². The van der Waals surface area contributed by atoms with Crippen LogP contribution in [-0.4, -0.2) is 24.9 Å². The summed E-state index contributed by atoms with van der Waals surface area (Å²) >= 11 is 3.36. The third-order valence-electron chi connectivity index (χ3n) is 2.14. The van der Waals surface area contributed by atoms with Crippen molar-refractivity contribution in [1.29, 1.82) is 0 Å². The second-order valence-electron chi connectivity index (χ2n) is 4.23. The maximum atomic E-state index is 9.10. The zero-order valence-electron chi connectivity index (χ0n) is 10.3. The Hall–Kier alpha value is -0.580. The van der Waals surface area contributed by atoms with Gasteiger partial charge in [-0.2, -0.15) is 0 Å². The molecule has 1 aromatic carbocycles. The molecule has 1 aromatic rings. The number of aliphatic hydroxyl groups is 1. The minimum Gasteiger partial charge on any atom is -0.491 e. The van der Waals surface area contributed by atoms with E-state index in [2.05, 4.69) is 29.8 Å². The Morgan fingerprint density at radius 3 is 2.71 bits per heavy atom. The van der Waals surface area contributed by atoms with Gasteiger partial charge in [0.25, 0.3) is 0 Å². The fourth-order valence-corrected chi connectivity index (χ4v) is 1.67. The van der Waals surface area contributed by atoms with Crippen molar-refractivity contribution in [3.05, 3.63) is 28.2 Å². The molecule has 0 radical (unpaired) electrons. The predicted octanol–water partition coefficient (Wildman–Crippen LogP) is 2.99. The molecule has 1 rings (SSSR count). The van der Waals surface area contributed by atoms with Crippen molar-refractivity contribution in [2.24, 2.45) is 5.92 Å². The largest absolute Gasteiger partial charge is 0.491 e. The Balaban J connectivity index is 2.32. The molecule has 0 atom stereocenters. The summed E-state index contributed by atoms with van der Waals surface area (Å²) in [5.74, 6) is 1.30. The SMILES string of the molecule is CC(C)COCCOc1ccc(Br)c(CO)c1. The number of rotatable bonds is 7. The summed E-state index contributed by atoms with van der Waals surface area (Å²) in [6, 6.07) is 5.56. The van der Waals surface area contributed by atoms with Crippen LogP contribution in [0, 0.1) is 5.92 Å². The zero-order chi connectivity index (χ0) is 12.7. The molecule has 0 aliphatic heterocycles. The van der Waals surface area contributed by atoms with Gasteiger partial charge in [0.15, 0.2) is 0 Å². The van der Waals surface area contributed by atoms with Gasteiger partial charge in [-0.05, 0) is 29.7 Å². The van der Waals surface area contributed by atoms with Crippen molar-refractivity contribution >= 4 is 15.9 Å². The average Bonchev–Trinajstić information content (AvgIpc) is 2.30. The summed E-state index contributed by atoms with van der Waals surface area (Å²) in [5, 5.41) is 9.10. The Morgan fingerprint density at radius 1 is 1.29 bits per heavy atom. The lowest BCUT2D eigenvalue weighted by Crippen LogP contribution is -2.10. The van der Waals surface area contributed by atoms with Gasteiger partial charge in [-0.3, -0.25) is 0 Å². The Morgan fingerprint density at radius 2 is 2.06 bits per heavy atom. The number of ether oxygens (including phenoxy) is 2. The lowest BCUT2D eigenvalue weighted by Gasteiger charge is -2.10. The van der Waals surface area contributed by atoms with Crippen molar-refractivity contribution in [1.82, 2.24) is 0 Å². The summed E-state index contributed by atoms with van der Waals surface area (Å²) in [7, 11) is 0. The fourth-order valence-electron chi connectivity index (χ4n) is 1.30. The van der Waals surface area contributed by atoms with Crippen molar-refractivity contribution in [3.8, 4) is 5.75 Å². The first-order chi connectivity index (χ1) is 8.13. The molecule has 0 saturated carbocycles. The van der Waals surface area contributed by atoms with Gasteiger partial charge in [0.1, 0.15) is 12.4 Å². The van der Waals surface area contributed by atoms with Gasteiger partial charge in [-0.1, -0.05) is 29.8 Å². The first-order valence-corrected chi connectivity index (χ1v) is 6.52. The van der Waals surface area contributed by atoms with Crippen LogP contribution in [0.25, 0.3) is 0 Å². The number of hydrogen-bond acceptors (Lipinski definition) is 3. The highest BCUT2D eigenvalue weighted by Crippen LogP contribution is 2.22. The van der Waals surface area contributed by atoms with Gasteiger partial charge in [-0.25, -0.2) is 0 Å². The summed E-state index contributed by atoms with van der Waals surface area (Å²) in [4.78, 5) is 0. The van der Waals surface area contributed by atoms with E-state index in [4.69, 9.17) is 14.6 Å². The average molecular weight is 303 g/mol. The molecule has 96 valence electrons. The first-order valence-electron chi connectivity index (χ1n) is 5.73. The highest BCUT2D eigenvalue weighted by atomic mass is 79.9. The standard InChI is InChI=1S/C13H19BrO3/c1-10(2)9-16-5-6-17-12-3-4-13(14)11(7-12)8-15/h3-4,7,10,15H,5-6,8-9H2,1-2H3. The smallest absolute Gasteiger partial charge is 0.119 e. The first kappa shape index (κ1) is 14.5. The molecule has 0 aliphatic carbocycles. The van der Waals surface area contributed by atoms with Crippen molar-refractivity contribution < 1.29 is 14.6 Å². The van der Waals surface area contributed by atoms with Gasteiger partial charge < -0.3 is 14.6 Å². The van der Waals surface area contributed by atoms with Crippen molar-refractivity contribution in [2.75, 3.05) is 19.8 Å². The minimum absolute atomic E-state index is 0.00162. The molecule has 0 spiro atoms. The molecule has 0 amide bonds.